The lowest BCUT2D eigenvalue weighted by Gasteiger charge is -2.15. The molecular weight excluding hydrogens is 271 g/mol. The minimum absolute atomic E-state index is 0.0256. The number of halogens is 3. The third-order valence-corrected chi connectivity index (χ3v) is 2.43. The Morgan fingerprint density at radius 1 is 1.42 bits per heavy atom. The van der Waals surface area contributed by atoms with Gasteiger partial charge in [0, 0.05) is 6.54 Å². The van der Waals surface area contributed by atoms with Crippen molar-refractivity contribution in [3.05, 3.63) is 11.5 Å². The number of nitrogens with one attached hydrogen (secondary N) is 1. The molecule has 7 nitrogen and oxygen atoms in total. The highest BCUT2D eigenvalue weighted by Crippen LogP contribution is 2.23. The lowest BCUT2D eigenvalue weighted by atomic mass is 10.4. The molecule has 0 fully saturated rings. The lowest BCUT2D eigenvalue weighted by molar-refractivity contribution is -0.167. The highest BCUT2D eigenvalue weighted by atomic mass is 19.4. The second-order valence-corrected chi connectivity index (χ2v) is 3.69. The summed E-state index contributed by atoms with van der Waals surface area (Å²) in [6.07, 6.45) is -5.11. The van der Waals surface area contributed by atoms with E-state index in [1.165, 1.54) is 9.88 Å². The number of aromatic nitrogens is 2. The molecular formula is C9H8F3N3O4. The van der Waals surface area contributed by atoms with Crippen LogP contribution in [0.2, 0.25) is 0 Å². The zero-order valence-electron chi connectivity index (χ0n) is 9.32. The maximum absolute atomic E-state index is 12.1. The van der Waals surface area contributed by atoms with Crippen molar-refractivity contribution in [1.82, 2.24) is 9.55 Å². The van der Waals surface area contributed by atoms with Crippen LogP contribution < -0.4 is 5.32 Å². The van der Waals surface area contributed by atoms with Crippen LogP contribution in [-0.2, 0) is 22.7 Å². The molecule has 1 aliphatic heterocycles. The van der Waals surface area contributed by atoms with Gasteiger partial charge in [0.2, 0.25) is 0 Å². The number of hydrogen-bond acceptors (Lipinski definition) is 4. The summed E-state index contributed by atoms with van der Waals surface area (Å²) in [5.74, 6) is -4.22. The average Bonchev–Trinajstić information content (AvgIpc) is 2.65. The van der Waals surface area contributed by atoms with Crippen molar-refractivity contribution < 1.29 is 32.6 Å². The van der Waals surface area contributed by atoms with Gasteiger partial charge in [-0.25, -0.2) is 9.78 Å². The number of carboxylic acid groups (broad SMARTS) is 1. The smallest absolute Gasteiger partial charge is 0.471 e. The Labute approximate surface area is 104 Å². The van der Waals surface area contributed by atoms with Crippen LogP contribution in [0.4, 0.5) is 19.0 Å². The number of amides is 1. The summed E-state index contributed by atoms with van der Waals surface area (Å²) >= 11 is 0. The summed E-state index contributed by atoms with van der Waals surface area (Å²) in [5.41, 5.74) is -0.490. The van der Waals surface area contributed by atoms with E-state index in [1.807, 2.05) is 0 Å². The fourth-order valence-corrected chi connectivity index (χ4v) is 1.65. The minimum atomic E-state index is -5.11. The maximum Gasteiger partial charge on any atom is 0.471 e. The summed E-state index contributed by atoms with van der Waals surface area (Å²) in [4.78, 5) is 25.5. The second-order valence-electron chi connectivity index (χ2n) is 3.69. The first-order valence-corrected chi connectivity index (χ1v) is 5.09. The SMILES string of the molecule is O=C(O)c1c(NC(=O)C(F)(F)F)nc2n1CCOC2. The first-order chi connectivity index (χ1) is 8.80. The van der Waals surface area contributed by atoms with Crippen LogP contribution in [-0.4, -0.2) is 39.3 Å². The van der Waals surface area contributed by atoms with Gasteiger partial charge < -0.3 is 19.7 Å². The number of anilines is 1. The summed E-state index contributed by atoms with van der Waals surface area (Å²) in [6, 6.07) is 0. The highest BCUT2D eigenvalue weighted by Gasteiger charge is 2.40. The van der Waals surface area contributed by atoms with Crippen LogP contribution in [0.3, 0.4) is 0 Å². The molecule has 104 valence electrons. The number of carbonyl (C=O) groups excluding carboxylic acids is 1. The van der Waals surface area contributed by atoms with E-state index in [-0.39, 0.29) is 25.6 Å². The molecule has 0 bridgehead atoms. The van der Waals surface area contributed by atoms with E-state index >= 15 is 0 Å². The molecule has 10 heteroatoms. The van der Waals surface area contributed by atoms with E-state index in [0.29, 0.717) is 0 Å². The van der Waals surface area contributed by atoms with E-state index < -0.39 is 29.6 Å². The molecule has 0 saturated carbocycles. The topological polar surface area (TPSA) is 93.5 Å². The van der Waals surface area contributed by atoms with Crippen LogP contribution in [0.1, 0.15) is 16.3 Å². The monoisotopic (exact) mass is 279 g/mol. The van der Waals surface area contributed by atoms with Gasteiger partial charge in [0.25, 0.3) is 0 Å². The number of carbonyl (C=O) groups is 2. The van der Waals surface area contributed by atoms with Crippen LogP contribution >= 0.6 is 0 Å². The Kier molecular flexibility index (Phi) is 3.18. The van der Waals surface area contributed by atoms with Gasteiger partial charge >= 0.3 is 18.1 Å². The number of imidazole rings is 1. The molecule has 2 rings (SSSR count). The molecule has 0 unspecified atom stereocenters. The predicted molar refractivity (Wildman–Crippen MR) is 53.5 cm³/mol. The van der Waals surface area contributed by atoms with Crippen LogP contribution in [0.25, 0.3) is 0 Å². The normalized spacial score (nSPS) is 14.9. The molecule has 1 aromatic rings. The molecule has 0 radical (unpaired) electrons. The Balaban J connectivity index is 2.38. The van der Waals surface area contributed by atoms with Gasteiger partial charge in [-0.15, -0.1) is 0 Å². The molecule has 19 heavy (non-hydrogen) atoms. The summed E-state index contributed by atoms with van der Waals surface area (Å²) < 4.78 is 42.6. The second kappa shape index (κ2) is 4.53. The quantitative estimate of drug-likeness (QED) is 0.827. The zero-order chi connectivity index (χ0) is 14.2. The number of aromatic carboxylic acids is 1. The van der Waals surface area contributed by atoms with Crippen LogP contribution in [0.15, 0.2) is 0 Å². The van der Waals surface area contributed by atoms with E-state index in [2.05, 4.69) is 4.98 Å². The van der Waals surface area contributed by atoms with Crippen molar-refractivity contribution in [3.8, 4) is 0 Å². The summed E-state index contributed by atoms with van der Waals surface area (Å²) in [6.45, 7) is 0.338. The number of fused-ring (bicyclic) bond motifs is 1. The number of nitrogens with zero attached hydrogens (tertiary/aromatic N) is 2. The van der Waals surface area contributed by atoms with Crippen molar-refractivity contribution in [1.29, 1.82) is 0 Å². The van der Waals surface area contributed by atoms with Gasteiger partial charge in [-0.3, -0.25) is 4.79 Å². The van der Waals surface area contributed by atoms with Crippen molar-refractivity contribution in [2.45, 2.75) is 19.3 Å². The van der Waals surface area contributed by atoms with Gasteiger partial charge in [-0.1, -0.05) is 0 Å². The van der Waals surface area contributed by atoms with Gasteiger partial charge in [0.05, 0.1) is 6.61 Å². The van der Waals surface area contributed by atoms with Gasteiger partial charge in [0.1, 0.15) is 12.4 Å². The molecule has 1 aliphatic rings. The van der Waals surface area contributed by atoms with Crippen molar-refractivity contribution in [2.75, 3.05) is 11.9 Å². The van der Waals surface area contributed by atoms with E-state index in [9.17, 15) is 22.8 Å². The molecule has 0 spiro atoms. The molecule has 0 atom stereocenters. The number of rotatable bonds is 2. The Hall–Kier alpha value is -2.10. The van der Waals surface area contributed by atoms with E-state index in [0.717, 1.165) is 0 Å². The van der Waals surface area contributed by atoms with E-state index in [4.69, 9.17) is 9.84 Å². The van der Waals surface area contributed by atoms with Gasteiger partial charge in [-0.05, 0) is 0 Å². The number of carboxylic acids is 1. The molecule has 1 amide bonds. The van der Waals surface area contributed by atoms with Crippen LogP contribution in [0, 0.1) is 0 Å². The number of ether oxygens (including phenoxy) is 1. The Morgan fingerprint density at radius 3 is 2.68 bits per heavy atom. The molecule has 1 aromatic heterocycles. The fourth-order valence-electron chi connectivity index (χ4n) is 1.65. The standard InChI is InChI=1S/C9H8F3N3O4/c10-9(11,12)8(18)14-6-5(7(16)17)15-1-2-19-3-4(15)13-6/h1-3H2,(H,14,18)(H,16,17). The molecule has 0 aromatic carbocycles. The maximum atomic E-state index is 12.1. The van der Waals surface area contributed by atoms with E-state index in [1.54, 1.807) is 0 Å². The first-order valence-electron chi connectivity index (χ1n) is 5.09. The average molecular weight is 279 g/mol. The predicted octanol–water partition coefficient (Wildman–Crippen LogP) is 0.612. The number of hydrogen-bond donors (Lipinski definition) is 2. The van der Waals surface area contributed by atoms with Gasteiger partial charge in [-0.2, -0.15) is 13.2 Å². The van der Waals surface area contributed by atoms with Crippen molar-refractivity contribution >= 4 is 17.7 Å². The molecule has 0 saturated heterocycles. The minimum Gasteiger partial charge on any atom is -0.476 e. The van der Waals surface area contributed by atoms with Gasteiger partial charge in [0.15, 0.2) is 11.5 Å². The number of alkyl halides is 3. The zero-order valence-corrected chi connectivity index (χ0v) is 9.32. The van der Waals surface area contributed by atoms with Crippen molar-refractivity contribution in [2.24, 2.45) is 0 Å². The third-order valence-electron chi connectivity index (χ3n) is 2.43. The molecule has 0 aliphatic carbocycles. The third kappa shape index (κ3) is 2.52. The first kappa shape index (κ1) is 13.3. The Morgan fingerprint density at radius 2 is 2.11 bits per heavy atom. The fraction of sp³-hybridized carbons (Fsp3) is 0.444. The highest BCUT2D eigenvalue weighted by molar-refractivity contribution is 6.00. The molecule has 2 heterocycles. The Bertz CT molecular complexity index is 538. The van der Waals surface area contributed by atoms with Crippen LogP contribution in [0.5, 0.6) is 0 Å². The summed E-state index contributed by atoms with van der Waals surface area (Å²) in [5, 5.41) is 10.4. The molecule has 2 N–H and O–H groups in total. The lowest BCUT2D eigenvalue weighted by Crippen LogP contribution is -2.31. The van der Waals surface area contributed by atoms with Crippen molar-refractivity contribution in [3.63, 3.8) is 0 Å². The largest absolute Gasteiger partial charge is 0.476 e. The summed E-state index contributed by atoms with van der Waals surface area (Å²) in [7, 11) is 0.